The number of aliphatic hydroxyl groups is 1. The Morgan fingerprint density at radius 2 is 1.80 bits per heavy atom. The Morgan fingerprint density at radius 1 is 1.09 bits per heavy atom. The van der Waals surface area contributed by atoms with Gasteiger partial charge in [0.15, 0.2) is 0 Å². The van der Waals surface area contributed by atoms with Gasteiger partial charge in [-0.15, -0.1) is 0 Å². The summed E-state index contributed by atoms with van der Waals surface area (Å²) in [6, 6.07) is 12.0. The Hall–Kier alpha value is -3.32. The highest BCUT2D eigenvalue weighted by molar-refractivity contribution is 6.46. The van der Waals surface area contributed by atoms with Gasteiger partial charge in [-0.3, -0.25) is 9.59 Å². The van der Waals surface area contributed by atoms with Crippen molar-refractivity contribution in [3.63, 3.8) is 0 Å². The van der Waals surface area contributed by atoms with Gasteiger partial charge in [0.25, 0.3) is 11.7 Å². The number of hydrogen-bond acceptors (Lipinski definition) is 6. The number of nitrogens with zero attached hydrogens (tertiary/aromatic N) is 2. The molecule has 1 fully saturated rings. The van der Waals surface area contributed by atoms with Crippen molar-refractivity contribution in [1.29, 1.82) is 0 Å². The maximum atomic E-state index is 13.2. The third kappa shape index (κ3) is 6.03. The molecule has 1 heterocycles. The lowest BCUT2D eigenvalue weighted by Crippen LogP contribution is -2.32. The third-order valence-electron chi connectivity index (χ3n) is 6.18. The number of rotatable bonds is 11. The van der Waals surface area contributed by atoms with E-state index in [1.807, 2.05) is 50.2 Å². The van der Waals surface area contributed by atoms with E-state index >= 15 is 0 Å². The van der Waals surface area contributed by atoms with Crippen LogP contribution in [0.4, 0.5) is 0 Å². The van der Waals surface area contributed by atoms with Crippen LogP contribution in [0, 0.1) is 6.92 Å². The summed E-state index contributed by atoms with van der Waals surface area (Å²) in [7, 11) is 5.51. The molecule has 35 heavy (non-hydrogen) atoms. The molecule has 1 saturated heterocycles. The van der Waals surface area contributed by atoms with E-state index in [4.69, 9.17) is 9.47 Å². The van der Waals surface area contributed by atoms with Gasteiger partial charge in [0, 0.05) is 12.1 Å². The molecule has 1 unspecified atom stereocenters. The molecule has 7 nitrogen and oxygen atoms in total. The second-order valence-electron chi connectivity index (χ2n) is 9.10. The predicted octanol–water partition coefficient (Wildman–Crippen LogP) is 4.56. The largest absolute Gasteiger partial charge is 0.507 e. The van der Waals surface area contributed by atoms with Gasteiger partial charge in [-0.2, -0.15) is 0 Å². The Morgan fingerprint density at radius 3 is 2.40 bits per heavy atom. The number of aliphatic hydroxyl groups excluding tert-OH is 1. The molecule has 2 aromatic rings. The predicted molar refractivity (Wildman–Crippen MR) is 137 cm³/mol. The highest BCUT2D eigenvalue weighted by atomic mass is 16.5. The summed E-state index contributed by atoms with van der Waals surface area (Å²) in [6.45, 7) is 5.79. The highest BCUT2D eigenvalue weighted by Gasteiger charge is 2.45. The van der Waals surface area contributed by atoms with E-state index in [9.17, 15) is 14.7 Å². The molecule has 2 aromatic carbocycles. The summed E-state index contributed by atoms with van der Waals surface area (Å²) in [4.78, 5) is 29.9. The molecule has 188 valence electrons. The number of ketones is 1. The van der Waals surface area contributed by atoms with E-state index < -0.39 is 17.7 Å². The standard InChI is InChI=1S/C28H36N2O5/c1-6-7-17-35-22-12-9-20(10-13-22)25-24(26(31)21-11-14-23(34-5)19(2)18-21)27(32)28(33)30(25)16-8-15-29(3)4/h9-14,18,25,31H,6-8,15-17H2,1-5H3/b26-24+. The van der Waals surface area contributed by atoms with Crippen LogP contribution in [-0.2, 0) is 9.59 Å². The molecule has 0 aliphatic carbocycles. The quantitative estimate of drug-likeness (QED) is 0.220. The Labute approximate surface area is 207 Å². The van der Waals surface area contributed by atoms with Crippen molar-refractivity contribution in [1.82, 2.24) is 9.80 Å². The number of benzene rings is 2. The van der Waals surface area contributed by atoms with Crippen LogP contribution in [0.15, 0.2) is 48.0 Å². The van der Waals surface area contributed by atoms with Gasteiger partial charge in [-0.25, -0.2) is 0 Å². The zero-order valence-electron chi connectivity index (χ0n) is 21.3. The normalized spacial score (nSPS) is 17.3. The molecule has 3 rings (SSSR count). The topological polar surface area (TPSA) is 79.3 Å². The first kappa shape index (κ1) is 26.3. The first-order chi connectivity index (χ1) is 16.8. The maximum absolute atomic E-state index is 13.2. The van der Waals surface area contributed by atoms with E-state index in [0.717, 1.165) is 36.3 Å². The van der Waals surface area contributed by atoms with Gasteiger partial charge in [-0.05, 0) is 81.9 Å². The molecule has 1 amide bonds. The van der Waals surface area contributed by atoms with Crippen LogP contribution in [-0.4, -0.2) is 67.5 Å². The molecule has 7 heteroatoms. The molecule has 1 aliphatic rings. The van der Waals surface area contributed by atoms with Crippen LogP contribution in [0.1, 0.15) is 48.9 Å². The number of amides is 1. The van der Waals surface area contributed by atoms with Crippen LogP contribution >= 0.6 is 0 Å². The second kappa shape index (κ2) is 11.9. The average molecular weight is 481 g/mol. The molecule has 1 N–H and O–H groups in total. The summed E-state index contributed by atoms with van der Waals surface area (Å²) < 4.78 is 11.1. The van der Waals surface area contributed by atoms with E-state index in [-0.39, 0.29) is 11.3 Å². The molecule has 1 atom stereocenters. The lowest BCUT2D eigenvalue weighted by molar-refractivity contribution is -0.139. The van der Waals surface area contributed by atoms with Crippen LogP contribution in [0.2, 0.25) is 0 Å². The fraction of sp³-hybridized carbons (Fsp3) is 0.429. The van der Waals surface area contributed by atoms with Crippen LogP contribution in [0.5, 0.6) is 11.5 Å². The number of unbranched alkanes of at least 4 members (excludes halogenated alkanes) is 1. The minimum Gasteiger partial charge on any atom is -0.507 e. The number of aryl methyl sites for hydroxylation is 1. The number of carbonyl (C=O) groups excluding carboxylic acids is 2. The number of methoxy groups -OCH3 is 1. The number of Topliss-reactive ketones (excluding diaryl/α,β-unsaturated/α-hetero) is 1. The Kier molecular flexibility index (Phi) is 8.93. The summed E-state index contributed by atoms with van der Waals surface area (Å²) in [5.41, 5.74) is 2.15. The van der Waals surface area contributed by atoms with Crippen LogP contribution in [0.3, 0.4) is 0 Å². The number of likely N-dealkylation sites (tertiary alicyclic amines) is 1. The molecule has 0 spiro atoms. The minimum atomic E-state index is -0.677. The first-order valence-electron chi connectivity index (χ1n) is 12.1. The molecular formula is C28H36N2O5. The minimum absolute atomic E-state index is 0.101. The molecular weight excluding hydrogens is 444 g/mol. The van der Waals surface area contributed by atoms with Crippen molar-refractivity contribution in [3.8, 4) is 11.5 Å². The summed E-state index contributed by atoms with van der Waals surface area (Å²) >= 11 is 0. The van der Waals surface area contributed by atoms with Crippen molar-refractivity contribution in [3.05, 3.63) is 64.7 Å². The zero-order valence-corrected chi connectivity index (χ0v) is 21.3. The molecule has 0 radical (unpaired) electrons. The van der Waals surface area contributed by atoms with E-state index in [1.165, 1.54) is 0 Å². The SMILES string of the molecule is CCCCOc1ccc(C2/C(=C(\O)c3ccc(OC)c(C)c3)C(=O)C(=O)N2CCCN(C)C)cc1. The third-order valence-corrected chi connectivity index (χ3v) is 6.18. The summed E-state index contributed by atoms with van der Waals surface area (Å²) in [6.07, 6.45) is 2.72. The summed E-state index contributed by atoms with van der Waals surface area (Å²) in [5, 5.41) is 11.3. The second-order valence-corrected chi connectivity index (χ2v) is 9.10. The fourth-order valence-corrected chi connectivity index (χ4v) is 4.28. The van der Waals surface area contributed by atoms with Crippen molar-refractivity contribution < 1.29 is 24.2 Å². The average Bonchev–Trinajstić information content (AvgIpc) is 3.09. The monoisotopic (exact) mass is 480 g/mol. The molecule has 1 aliphatic heterocycles. The van der Waals surface area contributed by atoms with Gasteiger partial charge < -0.3 is 24.4 Å². The Bertz CT molecular complexity index is 1080. The molecule has 0 bridgehead atoms. The zero-order chi connectivity index (χ0) is 25.5. The lowest BCUT2D eigenvalue weighted by Gasteiger charge is -2.26. The number of hydrogen-bond donors (Lipinski definition) is 1. The molecule has 0 aromatic heterocycles. The van der Waals surface area contributed by atoms with E-state index in [2.05, 4.69) is 6.92 Å². The first-order valence-corrected chi connectivity index (χ1v) is 12.1. The van der Waals surface area contributed by atoms with Crippen LogP contribution in [0.25, 0.3) is 5.76 Å². The van der Waals surface area contributed by atoms with E-state index in [1.54, 1.807) is 30.2 Å². The van der Waals surface area contributed by atoms with Gasteiger partial charge >= 0.3 is 0 Å². The maximum Gasteiger partial charge on any atom is 0.295 e. The highest BCUT2D eigenvalue weighted by Crippen LogP contribution is 2.40. The van der Waals surface area contributed by atoms with Crippen molar-refractivity contribution in [2.45, 2.75) is 39.2 Å². The van der Waals surface area contributed by atoms with Crippen LogP contribution < -0.4 is 9.47 Å². The number of ether oxygens (including phenoxy) is 2. The van der Waals surface area contributed by atoms with Gasteiger partial charge in [0.1, 0.15) is 17.3 Å². The number of carbonyl (C=O) groups is 2. The van der Waals surface area contributed by atoms with Gasteiger partial charge in [-0.1, -0.05) is 25.5 Å². The molecule has 0 saturated carbocycles. The van der Waals surface area contributed by atoms with Gasteiger partial charge in [0.05, 0.1) is 25.3 Å². The van der Waals surface area contributed by atoms with Crippen molar-refractivity contribution in [2.75, 3.05) is 40.9 Å². The van der Waals surface area contributed by atoms with Crippen molar-refractivity contribution in [2.24, 2.45) is 0 Å². The smallest absolute Gasteiger partial charge is 0.295 e. The lowest BCUT2D eigenvalue weighted by atomic mass is 9.94. The fourth-order valence-electron chi connectivity index (χ4n) is 4.28. The summed E-state index contributed by atoms with van der Waals surface area (Å²) in [5.74, 6) is -0.0335. The Balaban J connectivity index is 2.03. The van der Waals surface area contributed by atoms with Gasteiger partial charge in [0.2, 0.25) is 0 Å². The van der Waals surface area contributed by atoms with E-state index in [0.29, 0.717) is 30.9 Å². The van der Waals surface area contributed by atoms with Crippen molar-refractivity contribution >= 4 is 17.4 Å².